The molecule has 1 aromatic heterocycles. The molecule has 0 radical (unpaired) electrons. The first-order valence-electron chi connectivity index (χ1n) is 6.32. The fourth-order valence-corrected chi connectivity index (χ4v) is 1.78. The highest BCUT2D eigenvalue weighted by Crippen LogP contribution is 2.14. The van der Waals surface area contributed by atoms with Crippen molar-refractivity contribution in [2.24, 2.45) is 0 Å². The van der Waals surface area contributed by atoms with Crippen molar-refractivity contribution >= 4 is 0 Å². The third-order valence-corrected chi connectivity index (χ3v) is 2.91. The van der Waals surface area contributed by atoms with Crippen molar-refractivity contribution in [2.45, 2.75) is 32.9 Å². The highest BCUT2D eigenvalue weighted by atomic mass is 15.1. The molecule has 0 aliphatic rings. The van der Waals surface area contributed by atoms with E-state index in [9.17, 15) is 0 Å². The lowest BCUT2D eigenvalue weighted by molar-refractivity contribution is 0.669. The van der Waals surface area contributed by atoms with Crippen LogP contribution >= 0.6 is 0 Å². The lowest BCUT2D eigenvalue weighted by Gasteiger charge is -2.07. The van der Waals surface area contributed by atoms with Crippen molar-refractivity contribution in [2.75, 3.05) is 0 Å². The van der Waals surface area contributed by atoms with Gasteiger partial charge in [0, 0.05) is 19.3 Å². The molecule has 2 aromatic rings. The minimum Gasteiger partial charge on any atom is -0.307 e. The van der Waals surface area contributed by atoms with E-state index in [0.29, 0.717) is 5.92 Å². The SMILES string of the molecule is CC(C)c1ccc(CNCc2cccnn2)cc1. The van der Waals surface area contributed by atoms with E-state index in [0.717, 1.165) is 18.8 Å². The van der Waals surface area contributed by atoms with E-state index in [-0.39, 0.29) is 0 Å². The number of nitrogens with zero attached hydrogens (tertiary/aromatic N) is 2. The van der Waals surface area contributed by atoms with Crippen molar-refractivity contribution in [3.05, 3.63) is 59.4 Å². The highest BCUT2D eigenvalue weighted by Gasteiger charge is 1.99. The third-order valence-electron chi connectivity index (χ3n) is 2.91. The summed E-state index contributed by atoms with van der Waals surface area (Å²) in [5, 5.41) is 11.3. The number of benzene rings is 1. The number of hydrogen-bond acceptors (Lipinski definition) is 3. The van der Waals surface area contributed by atoms with Crippen LogP contribution in [0.5, 0.6) is 0 Å². The molecule has 1 N–H and O–H groups in total. The van der Waals surface area contributed by atoms with Crippen molar-refractivity contribution in [1.29, 1.82) is 0 Å². The highest BCUT2D eigenvalue weighted by molar-refractivity contribution is 5.24. The van der Waals surface area contributed by atoms with Crippen molar-refractivity contribution in [1.82, 2.24) is 15.5 Å². The molecular weight excluding hydrogens is 222 g/mol. The first-order chi connectivity index (χ1) is 8.75. The van der Waals surface area contributed by atoms with Gasteiger partial charge in [0.25, 0.3) is 0 Å². The zero-order valence-corrected chi connectivity index (χ0v) is 10.9. The van der Waals surface area contributed by atoms with Crippen molar-refractivity contribution in [3.63, 3.8) is 0 Å². The van der Waals surface area contributed by atoms with E-state index < -0.39 is 0 Å². The van der Waals surface area contributed by atoms with Gasteiger partial charge in [-0.15, -0.1) is 0 Å². The van der Waals surface area contributed by atoms with E-state index >= 15 is 0 Å². The lowest BCUT2D eigenvalue weighted by Crippen LogP contribution is -2.13. The van der Waals surface area contributed by atoms with Crippen molar-refractivity contribution < 1.29 is 0 Å². The van der Waals surface area contributed by atoms with Gasteiger partial charge in [-0.3, -0.25) is 0 Å². The maximum atomic E-state index is 4.03. The first-order valence-corrected chi connectivity index (χ1v) is 6.32. The van der Waals surface area contributed by atoms with Crippen LogP contribution in [-0.2, 0) is 13.1 Å². The summed E-state index contributed by atoms with van der Waals surface area (Å²) in [5.41, 5.74) is 3.65. The molecule has 18 heavy (non-hydrogen) atoms. The van der Waals surface area contributed by atoms with Gasteiger partial charge < -0.3 is 5.32 Å². The van der Waals surface area contributed by atoms with Crippen molar-refractivity contribution in [3.8, 4) is 0 Å². The Bertz CT molecular complexity index is 463. The fraction of sp³-hybridized carbons (Fsp3) is 0.333. The van der Waals surface area contributed by atoms with Gasteiger partial charge in [0.1, 0.15) is 0 Å². The van der Waals surface area contributed by atoms with Crippen LogP contribution in [0.3, 0.4) is 0 Å². The summed E-state index contributed by atoms with van der Waals surface area (Å²) in [4.78, 5) is 0. The number of nitrogens with one attached hydrogen (secondary N) is 1. The summed E-state index contributed by atoms with van der Waals surface area (Å²) < 4.78 is 0. The Balaban J connectivity index is 1.83. The van der Waals surface area contributed by atoms with Crippen LogP contribution in [0.4, 0.5) is 0 Å². The molecule has 0 spiro atoms. The lowest BCUT2D eigenvalue weighted by atomic mass is 10.0. The van der Waals surface area contributed by atoms with Gasteiger partial charge >= 0.3 is 0 Å². The second-order valence-electron chi connectivity index (χ2n) is 4.71. The number of rotatable bonds is 5. The quantitative estimate of drug-likeness (QED) is 0.874. The number of hydrogen-bond donors (Lipinski definition) is 1. The predicted molar refractivity (Wildman–Crippen MR) is 73.1 cm³/mol. The Morgan fingerprint density at radius 3 is 2.44 bits per heavy atom. The molecule has 0 bridgehead atoms. The Hall–Kier alpha value is -1.74. The Kier molecular flexibility index (Phi) is 4.42. The summed E-state index contributed by atoms with van der Waals surface area (Å²) >= 11 is 0. The van der Waals surface area contributed by atoms with Crippen LogP contribution in [0.1, 0.15) is 36.6 Å². The van der Waals surface area contributed by atoms with Gasteiger partial charge in [-0.2, -0.15) is 10.2 Å². The molecule has 0 amide bonds. The minimum absolute atomic E-state index is 0.589. The average molecular weight is 241 g/mol. The first kappa shape index (κ1) is 12.7. The average Bonchev–Trinajstić information content (AvgIpc) is 2.40. The second kappa shape index (κ2) is 6.26. The standard InChI is InChI=1S/C15H19N3/c1-12(2)14-7-5-13(6-8-14)10-16-11-15-4-3-9-17-18-15/h3-9,12,16H,10-11H2,1-2H3. The van der Waals surface area contributed by atoms with E-state index in [4.69, 9.17) is 0 Å². The number of aromatic nitrogens is 2. The normalized spacial score (nSPS) is 10.8. The molecule has 0 aliphatic carbocycles. The maximum absolute atomic E-state index is 4.03. The van der Waals surface area contributed by atoms with Crippen LogP contribution in [0, 0.1) is 0 Å². The molecule has 1 aromatic carbocycles. The monoisotopic (exact) mass is 241 g/mol. The molecule has 3 heteroatoms. The Morgan fingerprint density at radius 1 is 1.06 bits per heavy atom. The van der Waals surface area contributed by atoms with Gasteiger partial charge in [-0.05, 0) is 29.2 Å². The van der Waals surface area contributed by atoms with Gasteiger partial charge in [0.15, 0.2) is 0 Å². The molecule has 0 fully saturated rings. The predicted octanol–water partition coefficient (Wildman–Crippen LogP) is 2.89. The third kappa shape index (κ3) is 3.64. The van der Waals surface area contributed by atoms with Gasteiger partial charge in [0.05, 0.1) is 5.69 Å². The van der Waals surface area contributed by atoms with E-state index in [1.807, 2.05) is 12.1 Å². The molecule has 2 rings (SSSR count). The Morgan fingerprint density at radius 2 is 1.83 bits per heavy atom. The summed E-state index contributed by atoms with van der Waals surface area (Å²) in [5.74, 6) is 0.589. The zero-order valence-electron chi connectivity index (χ0n) is 10.9. The molecule has 0 unspecified atom stereocenters. The molecule has 3 nitrogen and oxygen atoms in total. The molecule has 0 atom stereocenters. The van der Waals surface area contributed by atoms with Gasteiger partial charge in [0.2, 0.25) is 0 Å². The molecular formula is C15H19N3. The van der Waals surface area contributed by atoms with Crippen LogP contribution in [-0.4, -0.2) is 10.2 Å². The van der Waals surface area contributed by atoms with E-state index in [2.05, 4.69) is 53.6 Å². The van der Waals surface area contributed by atoms with Gasteiger partial charge in [-0.1, -0.05) is 38.1 Å². The summed E-state index contributed by atoms with van der Waals surface area (Å²) in [7, 11) is 0. The smallest absolute Gasteiger partial charge is 0.0769 e. The molecule has 0 saturated carbocycles. The topological polar surface area (TPSA) is 37.8 Å². The van der Waals surface area contributed by atoms with Crippen LogP contribution < -0.4 is 5.32 Å². The summed E-state index contributed by atoms with van der Waals surface area (Å²) in [6.07, 6.45) is 1.69. The Labute approximate surface area is 108 Å². The summed E-state index contributed by atoms with van der Waals surface area (Å²) in [6.45, 7) is 6.03. The van der Waals surface area contributed by atoms with Crippen LogP contribution in [0.25, 0.3) is 0 Å². The van der Waals surface area contributed by atoms with Crippen LogP contribution in [0.15, 0.2) is 42.6 Å². The van der Waals surface area contributed by atoms with Crippen LogP contribution in [0.2, 0.25) is 0 Å². The second-order valence-corrected chi connectivity index (χ2v) is 4.71. The molecule has 0 aliphatic heterocycles. The molecule has 94 valence electrons. The molecule has 1 heterocycles. The summed E-state index contributed by atoms with van der Waals surface area (Å²) in [6, 6.07) is 12.6. The van der Waals surface area contributed by atoms with E-state index in [1.54, 1.807) is 6.20 Å². The zero-order chi connectivity index (χ0) is 12.8. The largest absolute Gasteiger partial charge is 0.307 e. The molecule has 0 saturated heterocycles. The van der Waals surface area contributed by atoms with E-state index in [1.165, 1.54) is 11.1 Å². The van der Waals surface area contributed by atoms with Gasteiger partial charge in [-0.25, -0.2) is 0 Å². The minimum atomic E-state index is 0.589. The fourth-order valence-electron chi connectivity index (χ4n) is 1.78. The maximum Gasteiger partial charge on any atom is 0.0769 e.